The molecule has 0 aromatic heterocycles. The Morgan fingerprint density at radius 2 is 1.74 bits per heavy atom. The first-order chi connectivity index (χ1) is 13.2. The zero-order valence-electron chi connectivity index (χ0n) is 16.0. The molecule has 2 aromatic rings. The summed E-state index contributed by atoms with van der Waals surface area (Å²) in [6.07, 6.45) is 4.49. The Morgan fingerprint density at radius 3 is 2.48 bits per heavy atom. The van der Waals surface area contributed by atoms with Gasteiger partial charge in [0.25, 0.3) is 0 Å². The largest absolute Gasteiger partial charge is 0.495 e. The van der Waals surface area contributed by atoms with Gasteiger partial charge in [-0.25, -0.2) is 0 Å². The van der Waals surface area contributed by atoms with Crippen LogP contribution in [0, 0.1) is 5.92 Å². The van der Waals surface area contributed by atoms with Crippen molar-refractivity contribution in [2.24, 2.45) is 5.92 Å². The van der Waals surface area contributed by atoms with E-state index in [1.165, 1.54) is 24.0 Å². The van der Waals surface area contributed by atoms with Crippen molar-refractivity contribution in [2.45, 2.75) is 38.1 Å². The van der Waals surface area contributed by atoms with Crippen molar-refractivity contribution in [1.29, 1.82) is 0 Å². The molecule has 0 atom stereocenters. The average Bonchev–Trinajstić information content (AvgIpc) is 3.54. The summed E-state index contributed by atoms with van der Waals surface area (Å²) in [6, 6.07) is 16.5. The smallest absolute Gasteiger partial charge is 0.227 e. The van der Waals surface area contributed by atoms with E-state index in [2.05, 4.69) is 34.5 Å². The molecule has 1 aliphatic carbocycles. The number of methoxy groups -OCH3 is 1. The van der Waals surface area contributed by atoms with Gasteiger partial charge in [0.2, 0.25) is 5.91 Å². The van der Waals surface area contributed by atoms with Crippen molar-refractivity contribution in [3.63, 3.8) is 0 Å². The van der Waals surface area contributed by atoms with Crippen LogP contribution in [0.2, 0.25) is 0 Å². The van der Waals surface area contributed by atoms with Crippen LogP contribution in [0.25, 0.3) is 0 Å². The van der Waals surface area contributed by atoms with Gasteiger partial charge in [0.15, 0.2) is 0 Å². The van der Waals surface area contributed by atoms with Gasteiger partial charge in [-0.2, -0.15) is 0 Å². The third kappa shape index (κ3) is 4.33. The monoisotopic (exact) mass is 364 g/mol. The molecule has 142 valence electrons. The van der Waals surface area contributed by atoms with E-state index in [1.807, 2.05) is 24.3 Å². The van der Waals surface area contributed by atoms with Crippen LogP contribution in [0.5, 0.6) is 5.75 Å². The second kappa shape index (κ2) is 8.13. The summed E-state index contributed by atoms with van der Waals surface area (Å²) in [5.74, 6) is 1.67. The molecule has 1 amide bonds. The quantitative estimate of drug-likeness (QED) is 0.825. The van der Waals surface area contributed by atoms with E-state index in [9.17, 15) is 4.79 Å². The van der Waals surface area contributed by atoms with Crippen LogP contribution >= 0.6 is 0 Å². The lowest BCUT2D eigenvalue weighted by Gasteiger charge is -2.32. The summed E-state index contributed by atoms with van der Waals surface area (Å²) in [6.45, 7) is 2.96. The Bertz CT molecular complexity index is 792. The minimum Gasteiger partial charge on any atom is -0.495 e. The number of rotatable bonds is 6. The second-order valence-corrected chi connectivity index (χ2v) is 7.71. The number of hydrogen-bond donors (Lipinski definition) is 1. The fourth-order valence-electron chi connectivity index (χ4n) is 4.05. The van der Waals surface area contributed by atoms with Gasteiger partial charge in [-0.15, -0.1) is 0 Å². The van der Waals surface area contributed by atoms with E-state index in [0.29, 0.717) is 5.75 Å². The lowest BCUT2D eigenvalue weighted by atomic mass is 9.94. The number of carbonyl (C=O) groups excluding carboxylic acids is 1. The number of ether oxygens (including phenoxy) is 1. The number of piperidine rings is 1. The third-order valence-electron chi connectivity index (χ3n) is 5.79. The number of carbonyl (C=O) groups is 1. The Hall–Kier alpha value is -2.33. The summed E-state index contributed by atoms with van der Waals surface area (Å²) in [4.78, 5) is 15.2. The highest BCUT2D eigenvalue weighted by atomic mass is 16.5. The second-order valence-electron chi connectivity index (χ2n) is 7.71. The number of anilines is 1. The minimum atomic E-state index is 0.0739. The number of benzene rings is 2. The van der Waals surface area contributed by atoms with Crippen molar-refractivity contribution >= 4 is 11.6 Å². The lowest BCUT2D eigenvalue weighted by molar-refractivity contribution is -0.121. The number of nitrogens with one attached hydrogen (secondary N) is 1. The molecule has 0 bridgehead atoms. The van der Waals surface area contributed by atoms with Gasteiger partial charge in [-0.1, -0.05) is 36.4 Å². The topological polar surface area (TPSA) is 41.6 Å². The maximum absolute atomic E-state index is 12.7. The third-order valence-corrected chi connectivity index (χ3v) is 5.79. The molecule has 27 heavy (non-hydrogen) atoms. The van der Waals surface area contributed by atoms with Crippen LogP contribution < -0.4 is 10.1 Å². The maximum atomic E-state index is 12.7. The molecule has 0 radical (unpaired) electrons. The predicted molar refractivity (Wildman–Crippen MR) is 108 cm³/mol. The molecule has 0 unspecified atom stereocenters. The standard InChI is InChI=1S/C23H28N2O2/c1-27-22-9-5-4-8-21(22)24-23(26)18-12-14-25(15-13-18)16-19-6-2-3-7-20(19)17-10-11-17/h2-9,17-18H,10-16H2,1H3,(H,24,26). The van der Waals surface area contributed by atoms with Gasteiger partial charge >= 0.3 is 0 Å². The fraction of sp³-hybridized carbons (Fsp3) is 0.435. The number of likely N-dealkylation sites (tertiary alicyclic amines) is 1. The van der Waals surface area contributed by atoms with E-state index in [-0.39, 0.29) is 11.8 Å². The Kier molecular flexibility index (Phi) is 5.44. The van der Waals surface area contributed by atoms with Crippen LogP contribution in [0.3, 0.4) is 0 Å². The van der Waals surface area contributed by atoms with E-state index in [0.717, 1.165) is 44.1 Å². The van der Waals surface area contributed by atoms with Crippen LogP contribution in [-0.4, -0.2) is 31.0 Å². The lowest BCUT2D eigenvalue weighted by Crippen LogP contribution is -2.38. The summed E-state index contributed by atoms with van der Waals surface area (Å²) >= 11 is 0. The summed E-state index contributed by atoms with van der Waals surface area (Å²) in [5, 5.41) is 3.05. The van der Waals surface area contributed by atoms with Gasteiger partial charge in [-0.05, 0) is 68.0 Å². The highest BCUT2D eigenvalue weighted by molar-refractivity contribution is 5.94. The maximum Gasteiger partial charge on any atom is 0.227 e. The molecule has 0 spiro atoms. The van der Waals surface area contributed by atoms with E-state index in [1.54, 1.807) is 7.11 Å². The molecule has 4 heteroatoms. The zero-order valence-corrected chi connectivity index (χ0v) is 16.0. The first kappa shape index (κ1) is 18.1. The van der Waals surface area contributed by atoms with E-state index in [4.69, 9.17) is 4.74 Å². The normalized spacial score (nSPS) is 18.3. The van der Waals surface area contributed by atoms with Crippen molar-refractivity contribution in [3.8, 4) is 5.75 Å². The molecule has 4 rings (SSSR count). The summed E-state index contributed by atoms with van der Waals surface area (Å²) in [7, 11) is 1.63. The Labute approximate surface area is 161 Å². The highest BCUT2D eigenvalue weighted by Gasteiger charge is 2.28. The highest BCUT2D eigenvalue weighted by Crippen LogP contribution is 2.42. The molecule has 1 aliphatic heterocycles. The summed E-state index contributed by atoms with van der Waals surface area (Å²) < 4.78 is 5.33. The molecule has 1 N–H and O–H groups in total. The van der Waals surface area contributed by atoms with Gasteiger partial charge in [-0.3, -0.25) is 9.69 Å². The first-order valence-corrected chi connectivity index (χ1v) is 9.98. The van der Waals surface area contributed by atoms with E-state index >= 15 is 0 Å². The van der Waals surface area contributed by atoms with Crippen molar-refractivity contribution in [2.75, 3.05) is 25.5 Å². The van der Waals surface area contributed by atoms with Gasteiger partial charge in [0.1, 0.15) is 5.75 Å². The Balaban J connectivity index is 1.32. The predicted octanol–water partition coefficient (Wildman–Crippen LogP) is 4.42. The van der Waals surface area contributed by atoms with Crippen molar-refractivity contribution in [3.05, 3.63) is 59.7 Å². The number of nitrogens with zero attached hydrogens (tertiary/aromatic N) is 1. The first-order valence-electron chi connectivity index (χ1n) is 9.98. The molecule has 2 aliphatic rings. The van der Waals surface area contributed by atoms with Gasteiger partial charge in [0.05, 0.1) is 12.8 Å². The van der Waals surface area contributed by atoms with Crippen molar-refractivity contribution in [1.82, 2.24) is 4.90 Å². The number of hydrogen-bond acceptors (Lipinski definition) is 3. The number of para-hydroxylation sites is 2. The molecule has 1 saturated heterocycles. The zero-order chi connectivity index (χ0) is 18.6. The SMILES string of the molecule is COc1ccccc1NC(=O)C1CCN(Cc2ccccc2C2CC2)CC1. The van der Waals surface area contributed by atoms with Gasteiger partial charge in [0, 0.05) is 12.5 Å². The molecular weight excluding hydrogens is 336 g/mol. The van der Waals surface area contributed by atoms with Crippen LogP contribution in [-0.2, 0) is 11.3 Å². The van der Waals surface area contributed by atoms with Crippen LogP contribution in [0.4, 0.5) is 5.69 Å². The number of amides is 1. The average molecular weight is 364 g/mol. The molecule has 1 saturated carbocycles. The van der Waals surface area contributed by atoms with E-state index < -0.39 is 0 Å². The molecule has 2 aromatic carbocycles. The van der Waals surface area contributed by atoms with Gasteiger partial charge < -0.3 is 10.1 Å². The van der Waals surface area contributed by atoms with Crippen LogP contribution in [0.1, 0.15) is 42.7 Å². The molecule has 1 heterocycles. The van der Waals surface area contributed by atoms with Crippen LogP contribution in [0.15, 0.2) is 48.5 Å². The summed E-state index contributed by atoms with van der Waals surface area (Å²) in [5.41, 5.74) is 3.76. The van der Waals surface area contributed by atoms with Crippen molar-refractivity contribution < 1.29 is 9.53 Å². The Morgan fingerprint density at radius 1 is 1.04 bits per heavy atom. The molecule has 2 fully saturated rings. The fourth-order valence-corrected chi connectivity index (χ4v) is 4.05. The molecule has 4 nitrogen and oxygen atoms in total. The molecular formula is C23H28N2O2. The minimum absolute atomic E-state index is 0.0739.